The van der Waals surface area contributed by atoms with E-state index in [0.717, 1.165) is 62.9 Å². The number of fused-ring (bicyclic) bond motifs is 1. The van der Waals surface area contributed by atoms with E-state index in [1.165, 1.54) is 17.3 Å². The van der Waals surface area contributed by atoms with Crippen LogP contribution in [0.2, 0.25) is 0 Å². The van der Waals surface area contributed by atoms with Crippen LogP contribution in [-0.2, 0) is 16.0 Å². The number of benzene rings is 2. The lowest BCUT2D eigenvalue weighted by molar-refractivity contribution is -0.132. The fourth-order valence-corrected chi connectivity index (χ4v) is 6.37. The number of hydrogen-bond acceptors (Lipinski definition) is 6. The molecule has 5 rings (SSSR count). The second kappa shape index (κ2) is 12.1. The van der Waals surface area contributed by atoms with E-state index >= 15 is 0 Å². The van der Waals surface area contributed by atoms with E-state index in [1.807, 2.05) is 29.2 Å². The van der Waals surface area contributed by atoms with Gasteiger partial charge in [-0.2, -0.15) is 0 Å². The average molecular weight is 537 g/mol. The number of amides is 2. The van der Waals surface area contributed by atoms with Crippen LogP contribution >= 0.6 is 24.0 Å². The predicted molar refractivity (Wildman–Crippen MR) is 150 cm³/mol. The first kappa shape index (κ1) is 25.8. The first-order valence-corrected chi connectivity index (χ1v) is 14.3. The minimum atomic E-state index is -0.0536. The van der Waals surface area contributed by atoms with Gasteiger partial charge in [0.2, 0.25) is 12.7 Å². The van der Waals surface area contributed by atoms with E-state index in [4.69, 9.17) is 21.7 Å². The van der Waals surface area contributed by atoms with Crippen LogP contribution in [0.1, 0.15) is 49.7 Å². The van der Waals surface area contributed by atoms with Crippen molar-refractivity contribution in [1.29, 1.82) is 0 Å². The van der Waals surface area contributed by atoms with Crippen molar-refractivity contribution in [1.82, 2.24) is 9.80 Å². The Morgan fingerprint density at radius 1 is 1.03 bits per heavy atom. The summed E-state index contributed by atoms with van der Waals surface area (Å²) in [6, 6.07) is 16.2. The van der Waals surface area contributed by atoms with Crippen molar-refractivity contribution in [2.24, 2.45) is 5.92 Å². The van der Waals surface area contributed by atoms with E-state index in [-0.39, 0.29) is 18.6 Å². The Balaban J connectivity index is 1.01. The van der Waals surface area contributed by atoms with Crippen LogP contribution in [0, 0.1) is 5.92 Å². The topological polar surface area (TPSA) is 59.1 Å². The standard InChI is InChI=1S/C29H32N2O4S2/c32-27(30-15-12-22(13-16-30)17-21-7-3-1-4-8-21)9-5-2-6-14-31-28(33)26(37-29(31)36)19-23-10-11-24-25(18-23)35-20-34-24/h1,3-4,7-8,10-11,18-19,22H,2,5-6,9,12-17,20H2/b26-19-. The number of thioether (sulfide) groups is 1. The molecular formula is C29H32N2O4S2. The van der Waals surface area contributed by atoms with E-state index in [0.29, 0.717) is 33.9 Å². The van der Waals surface area contributed by atoms with Gasteiger partial charge in [0, 0.05) is 26.1 Å². The SMILES string of the molecule is O=C(CCCCCN1C(=O)/C(=C/c2ccc3c(c2)OCO3)SC1=S)N1CCC(Cc2ccccc2)CC1. The van der Waals surface area contributed by atoms with Gasteiger partial charge in [0.1, 0.15) is 4.32 Å². The molecule has 0 bridgehead atoms. The zero-order chi connectivity index (χ0) is 25.6. The Hall–Kier alpha value is -2.84. The summed E-state index contributed by atoms with van der Waals surface area (Å²) >= 11 is 6.80. The van der Waals surface area contributed by atoms with Gasteiger partial charge in [-0.15, -0.1) is 0 Å². The Morgan fingerprint density at radius 2 is 1.81 bits per heavy atom. The second-order valence-electron chi connectivity index (χ2n) is 9.77. The lowest BCUT2D eigenvalue weighted by Crippen LogP contribution is -2.38. The molecule has 0 saturated carbocycles. The van der Waals surface area contributed by atoms with Gasteiger partial charge in [0.25, 0.3) is 5.91 Å². The van der Waals surface area contributed by atoms with Crippen LogP contribution in [0.15, 0.2) is 53.4 Å². The van der Waals surface area contributed by atoms with Gasteiger partial charge >= 0.3 is 0 Å². The monoisotopic (exact) mass is 536 g/mol. The number of likely N-dealkylation sites (tertiary alicyclic amines) is 1. The van der Waals surface area contributed by atoms with Gasteiger partial charge < -0.3 is 14.4 Å². The minimum absolute atomic E-state index is 0.0536. The summed E-state index contributed by atoms with van der Waals surface area (Å²) in [7, 11) is 0. The third-order valence-electron chi connectivity index (χ3n) is 7.17. The number of thiocarbonyl (C=S) groups is 1. The summed E-state index contributed by atoms with van der Waals surface area (Å²) in [5, 5.41) is 0. The Labute approximate surface area is 228 Å². The lowest BCUT2D eigenvalue weighted by atomic mass is 9.90. The molecule has 2 saturated heterocycles. The summed E-state index contributed by atoms with van der Waals surface area (Å²) in [6.07, 6.45) is 8.25. The molecule has 8 heteroatoms. The molecule has 3 heterocycles. The predicted octanol–water partition coefficient (Wildman–Crippen LogP) is 5.66. The summed E-state index contributed by atoms with van der Waals surface area (Å²) in [5.41, 5.74) is 2.27. The summed E-state index contributed by atoms with van der Waals surface area (Å²) < 4.78 is 11.4. The van der Waals surface area contributed by atoms with Crippen molar-refractivity contribution in [3.05, 3.63) is 64.6 Å². The largest absolute Gasteiger partial charge is 0.454 e. The molecule has 0 aliphatic carbocycles. The number of piperidine rings is 1. The highest BCUT2D eigenvalue weighted by molar-refractivity contribution is 8.26. The smallest absolute Gasteiger partial charge is 0.266 e. The highest BCUT2D eigenvalue weighted by atomic mass is 32.2. The first-order chi connectivity index (χ1) is 18.1. The molecule has 0 atom stereocenters. The van der Waals surface area contributed by atoms with E-state index in [9.17, 15) is 9.59 Å². The van der Waals surface area contributed by atoms with Gasteiger partial charge in [-0.25, -0.2) is 0 Å². The number of nitrogens with zero attached hydrogens (tertiary/aromatic N) is 2. The van der Waals surface area contributed by atoms with Crippen molar-refractivity contribution in [2.75, 3.05) is 26.4 Å². The fourth-order valence-electron chi connectivity index (χ4n) is 5.06. The van der Waals surface area contributed by atoms with Crippen LogP contribution in [-0.4, -0.2) is 52.4 Å². The van der Waals surface area contributed by atoms with Crippen molar-refractivity contribution in [2.45, 2.75) is 44.9 Å². The minimum Gasteiger partial charge on any atom is -0.454 e. The van der Waals surface area contributed by atoms with Crippen molar-refractivity contribution in [3.63, 3.8) is 0 Å². The average Bonchev–Trinajstić information content (AvgIpc) is 3.48. The Kier molecular flexibility index (Phi) is 8.46. The van der Waals surface area contributed by atoms with Crippen LogP contribution < -0.4 is 9.47 Å². The molecule has 0 aromatic heterocycles. The molecule has 2 aromatic carbocycles. The quantitative estimate of drug-likeness (QED) is 0.234. The highest BCUT2D eigenvalue weighted by Crippen LogP contribution is 2.36. The summed E-state index contributed by atoms with van der Waals surface area (Å²) in [6.45, 7) is 2.53. The van der Waals surface area contributed by atoms with Gasteiger partial charge in [0.05, 0.1) is 4.91 Å². The summed E-state index contributed by atoms with van der Waals surface area (Å²) in [5.74, 6) is 2.28. The maximum Gasteiger partial charge on any atom is 0.266 e. The number of rotatable bonds is 9. The molecule has 3 aliphatic rings. The van der Waals surface area contributed by atoms with E-state index < -0.39 is 0 Å². The van der Waals surface area contributed by atoms with Crippen LogP contribution in [0.5, 0.6) is 11.5 Å². The fraction of sp³-hybridized carbons (Fsp3) is 0.414. The summed E-state index contributed by atoms with van der Waals surface area (Å²) in [4.78, 5) is 29.9. The van der Waals surface area contributed by atoms with Gasteiger partial charge in [-0.3, -0.25) is 14.5 Å². The maximum atomic E-state index is 12.9. The number of ether oxygens (including phenoxy) is 2. The molecule has 37 heavy (non-hydrogen) atoms. The van der Waals surface area contributed by atoms with Crippen LogP contribution in [0.3, 0.4) is 0 Å². The van der Waals surface area contributed by atoms with Gasteiger partial charge in [-0.05, 0) is 67.4 Å². The van der Waals surface area contributed by atoms with E-state index in [2.05, 4.69) is 30.3 Å². The first-order valence-electron chi connectivity index (χ1n) is 13.0. The molecule has 3 aliphatic heterocycles. The number of unbranched alkanes of at least 4 members (excludes halogenated alkanes) is 2. The van der Waals surface area contributed by atoms with Gasteiger partial charge in [-0.1, -0.05) is 66.8 Å². The van der Waals surface area contributed by atoms with Gasteiger partial charge in [0.15, 0.2) is 11.5 Å². The normalized spacial score (nSPS) is 18.8. The number of carbonyl (C=O) groups is 2. The molecule has 194 valence electrons. The van der Waals surface area contributed by atoms with Crippen LogP contribution in [0.4, 0.5) is 0 Å². The van der Waals surface area contributed by atoms with Crippen molar-refractivity contribution < 1.29 is 19.1 Å². The molecule has 2 fully saturated rings. The molecule has 0 spiro atoms. The van der Waals surface area contributed by atoms with E-state index in [1.54, 1.807) is 4.90 Å². The lowest BCUT2D eigenvalue weighted by Gasteiger charge is -2.32. The number of hydrogen-bond donors (Lipinski definition) is 0. The zero-order valence-corrected chi connectivity index (χ0v) is 22.5. The molecule has 2 amide bonds. The molecule has 0 unspecified atom stereocenters. The maximum absolute atomic E-state index is 12.9. The molecule has 2 aromatic rings. The molecular weight excluding hydrogens is 504 g/mol. The third kappa shape index (κ3) is 6.54. The Morgan fingerprint density at radius 3 is 2.62 bits per heavy atom. The van der Waals surface area contributed by atoms with Crippen molar-refractivity contribution in [3.8, 4) is 11.5 Å². The van der Waals surface area contributed by atoms with Crippen LogP contribution in [0.25, 0.3) is 6.08 Å². The number of carbonyl (C=O) groups excluding carboxylic acids is 2. The third-order valence-corrected chi connectivity index (χ3v) is 8.55. The molecule has 6 nitrogen and oxygen atoms in total. The van der Waals surface area contributed by atoms with Crippen molar-refractivity contribution >= 4 is 46.2 Å². The highest BCUT2D eigenvalue weighted by Gasteiger charge is 2.31. The molecule has 0 N–H and O–H groups in total. The Bertz CT molecular complexity index is 1180. The molecule has 0 radical (unpaired) electrons. The second-order valence-corrected chi connectivity index (χ2v) is 11.4. The zero-order valence-electron chi connectivity index (χ0n) is 20.9.